The summed E-state index contributed by atoms with van der Waals surface area (Å²) in [6.07, 6.45) is 2.84. The number of hydrogen-bond donors (Lipinski definition) is 1. The van der Waals surface area contributed by atoms with Crippen molar-refractivity contribution in [1.29, 1.82) is 0 Å². The molecule has 0 unspecified atom stereocenters. The molecule has 0 radical (unpaired) electrons. The van der Waals surface area contributed by atoms with Crippen LogP contribution in [0.15, 0.2) is 76.4 Å². The van der Waals surface area contributed by atoms with Crippen molar-refractivity contribution >= 4 is 30.5 Å². The molecule has 1 aliphatic heterocycles. The van der Waals surface area contributed by atoms with Crippen molar-refractivity contribution in [3.8, 4) is 0 Å². The quantitative estimate of drug-likeness (QED) is 0.331. The van der Waals surface area contributed by atoms with Crippen LogP contribution in [0, 0.1) is 6.92 Å². The third-order valence-electron chi connectivity index (χ3n) is 6.92. The Morgan fingerprint density at radius 1 is 1.05 bits per heavy atom. The van der Waals surface area contributed by atoms with Crippen LogP contribution in [0.2, 0.25) is 5.04 Å². The van der Waals surface area contributed by atoms with Crippen LogP contribution in [0.25, 0.3) is 0 Å². The maximum absolute atomic E-state index is 12.6. The molecule has 2 aromatic carbocycles. The number of aromatic amines is 1. The number of benzene rings is 2. The molecule has 2 heterocycles. The van der Waals surface area contributed by atoms with Gasteiger partial charge in [-0.3, -0.25) is 14.3 Å². The lowest BCUT2D eigenvalue weighted by atomic mass is 10.2. The van der Waals surface area contributed by atoms with Gasteiger partial charge in [0, 0.05) is 18.2 Å². The molecule has 0 spiro atoms. The zero-order chi connectivity index (χ0) is 26.6. The number of rotatable bonds is 9. The van der Waals surface area contributed by atoms with Gasteiger partial charge in [0.1, 0.15) is 12.3 Å². The van der Waals surface area contributed by atoms with Crippen LogP contribution < -0.4 is 21.6 Å². The first-order valence-electron chi connectivity index (χ1n) is 12.5. The van der Waals surface area contributed by atoms with E-state index in [1.54, 1.807) is 24.9 Å². The fourth-order valence-electron chi connectivity index (χ4n) is 5.12. The van der Waals surface area contributed by atoms with Crippen molar-refractivity contribution in [2.75, 3.05) is 18.8 Å². The van der Waals surface area contributed by atoms with Crippen molar-refractivity contribution in [3.63, 3.8) is 0 Å². The number of hydrogen-bond acceptors (Lipinski definition) is 6. The first-order valence-corrected chi connectivity index (χ1v) is 15.8. The van der Waals surface area contributed by atoms with Crippen LogP contribution in [0.3, 0.4) is 0 Å². The van der Waals surface area contributed by atoms with Crippen molar-refractivity contribution in [3.05, 3.63) is 93.3 Å². The van der Waals surface area contributed by atoms with Crippen molar-refractivity contribution in [2.24, 2.45) is 0 Å². The van der Waals surface area contributed by atoms with Gasteiger partial charge in [0.05, 0.1) is 18.6 Å². The Morgan fingerprint density at radius 3 is 2.19 bits per heavy atom. The molecular formula is C28H36N2O5SSi. The molecular weight excluding hydrogens is 504 g/mol. The fraction of sp³-hybridized carbons (Fsp3) is 0.429. The number of thioether (sulfide) groups is 1. The third-order valence-corrected chi connectivity index (χ3v) is 12.3. The zero-order valence-corrected chi connectivity index (χ0v) is 23.9. The Balaban J connectivity index is 1.69. The Morgan fingerprint density at radius 2 is 1.65 bits per heavy atom. The number of ether oxygens (including phenoxy) is 2. The Kier molecular flexibility index (Phi) is 8.60. The van der Waals surface area contributed by atoms with E-state index in [0.29, 0.717) is 24.5 Å². The van der Waals surface area contributed by atoms with E-state index >= 15 is 0 Å². The molecule has 1 saturated heterocycles. The smallest absolute Gasteiger partial charge is 0.330 e. The van der Waals surface area contributed by atoms with Gasteiger partial charge in [0.2, 0.25) is 0 Å². The number of aryl methyl sites for hydroxylation is 1. The maximum atomic E-state index is 12.6. The molecule has 1 aromatic heterocycles. The summed E-state index contributed by atoms with van der Waals surface area (Å²) in [5.41, 5.74) is -0.421. The standard InChI is InChI=1S/C28H36N2O5SSi/c1-20-17-30(27(32)29-26(20)31)25-16-23(33-19-36-5)24(35-25)18-34-37(28(2,3)4,21-12-8-6-9-13-21)22-14-10-7-11-15-22/h6-15,17,23-25H,16,18-19H2,1-5H3,(H,29,31,32)/t23-,24+,25+/m0/s1. The second-order valence-corrected chi connectivity index (χ2v) is 15.5. The van der Waals surface area contributed by atoms with E-state index in [1.807, 2.05) is 18.4 Å². The SMILES string of the molecule is CSCO[C@H]1C[C@H](n2cc(C)c(=O)[nH]c2=O)O[C@@H]1CO[Si](c1ccccc1)(c1ccccc1)C(C)(C)C. The lowest BCUT2D eigenvalue weighted by molar-refractivity contribution is -0.0523. The minimum Gasteiger partial charge on any atom is -0.405 e. The number of aromatic nitrogens is 2. The molecule has 1 fully saturated rings. The normalized spacial score (nSPS) is 20.3. The van der Waals surface area contributed by atoms with Crippen molar-refractivity contribution < 1.29 is 13.9 Å². The summed E-state index contributed by atoms with van der Waals surface area (Å²) in [6.45, 7) is 8.71. The molecule has 1 aliphatic rings. The first kappa shape index (κ1) is 27.6. The van der Waals surface area contributed by atoms with Gasteiger partial charge in [-0.15, -0.1) is 11.8 Å². The highest BCUT2D eigenvalue weighted by molar-refractivity contribution is 7.98. The van der Waals surface area contributed by atoms with Crippen LogP contribution in [-0.4, -0.2) is 48.9 Å². The Labute approximate surface area is 223 Å². The average molecular weight is 541 g/mol. The Hall–Kier alpha value is -2.43. The molecule has 198 valence electrons. The molecule has 0 aliphatic carbocycles. The predicted molar refractivity (Wildman–Crippen MR) is 151 cm³/mol. The summed E-state index contributed by atoms with van der Waals surface area (Å²) < 4.78 is 21.1. The van der Waals surface area contributed by atoms with Gasteiger partial charge < -0.3 is 13.9 Å². The molecule has 1 N–H and O–H groups in total. The van der Waals surface area contributed by atoms with Crippen molar-refractivity contribution in [1.82, 2.24) is 9.55 Å². The molecule has 3 aromatic rings. The average Bonchev–Trinajstić information content (AvgIpc) is 3.28. The highest BCUT2D eigenvalue weighted by Gasteiger charge is 2.51. The molecule has 0 saturated carbocycles. The summed E-state index contributed by atoms with van der Waals surface area (Å²) in [7, 11) is -2.76. The summed E-state index contributed by atoms with van der Waals surface area (Å²) in [6, 6.07) is 20.9. The number of H-pyrrole nitrogens is 1. The predicted octanol–water partition coefficient (Wildman–Crippen LogP) is 3.41. The Bertz CT molecular complexity index is 1250. The first-order chi connectivity index (χ1) is 17.7. The van der Waals surface area contributed by atoms with Crippen LogP contribution >= 0.6 is 11.8 Å². The van der Waals surface area contributed by atoms with E-state index in [0.717, 1.165) is 0 Å². The summed E-state index contributed by atoms with van der Waals surface area (Å²) in [5, 5.41) is 2.21. The van der Waals surface area contributed by atoms with E-state index < -0.39 is 20.2 Å². The van der Waals surface area contributed by atoms with Gasteiger partial charge in [0.25, 0.3) is 13.9 Å². The molecule has 0 bridgehead atoms. The minimum atomic E-state index is -2.76. The van der Waals surface area contributed by atoms with Crippen LogP contribution in [0.5, 0.6) is 0 Å². The fourth-order valence-corrected chi connectivity index (χ4v) is 10.0. The lowest BCUT2D eigenvalue weighted by Crippen LogP contribution is -2.67. The molecule has 0 amide bonds. The van der Waals surface area contributed by atoms with E-state index in [-0.39, 0.29) is 22.8 Å². The van der Waals surface area contributed by atoms with E-state index in [1.165, 1.54) is 14.9 Å². The van der Waals surface area contributed by atoms with Gasteiger partial charge in [-0.05, 0) is 28.6 Å². The van der Waals surface area contributed by atoms with Crippen LogP contribution in [0.1, 0.15) is 39.0 Å². The third kappa shape index (κ3) is 5.71. The second kappa shape index (κ2) is 11.5. The maximum Gasteiger partial charge on any atom is 0.330 e. The highest BCUT2D eigenvalue weighted by atomic mass is 32.2. The minimum absolute atomic E-state index is 0.170. The molecule has 37 heavy (non-hydrogen) atoms. The number of nitrogens with zero attached hydrogens (tertiary/aromatic N) is 1. The van der Waals surface area contributed by atoms with Crippen LogP contribution in [0.4, 0.5) is 0 Å². The lowest BCUT2D eigenvalue weighted by Gasteiger charge is -2.43. The summed E-state index contributed by atoms with van der Waals surface area (Å²) in [4.78, 5) is 26.9. The highest BCUT2D eigenvalue weighted by Crippen LogP contribution is 2.38. The van der Waals surface area contributed by atoms with Gasteiger partial charge in [-0.2, -0.15) is 0 Å². The summed E-state index contributed by atoms with van der Waals surface area (Å²) in [5.74, 6) is 0.510. The number of nitrogens with one attached hydrogen (secondary N) is 1. The molecule has 4 rings (SSSR count). The van der Waals surface area contributed by atoms with Gasteiger partial charge >= 0.3 is 5.69 Å². The monoisotopic (exact) mass is 540 g/mol. The van der Waals surface area contributed by atoms with E-state index in [2.05, 4.69) is 74.3 Å². The molecule has 7 nitrogen and oxygen atoms in total. The largest absolute Gasteiger partial charge is 0.405 e. The zero-order valence-electron chi connectivity index (χ0n) is 22.1. The van der Waals surface area contributed by atoms with Crippen LogP contribution in [-0.2, 0) is 13.9 Å². The van der Waals surface area contributed by atoms with E-state index in [9.17, 15) is 9.59 Å². The molecule has 3 atom stereocenters. The molecule has 9 heteroatoms. The van der Waals surface area contributed by atoms with Gasteiger partial charge in [-0.1, -0.05) is 81.4 Å². The summed E-state index contributed by atoms with van der Waals surface area (Å²) >= 11 is 1.59. The van der Waals surface area contributed by atoms with Gasteiger partial charge in [0.15, 0.2) is 0 Å². The van der Waals surface area contributed by atoms with Crippen molar-refractivity contribution in [2.45, 2.75) is 57.6 Å². The van der Waals surface area contributed by atoms with Gasteiger partial charge in [-0.25, -0.2) is 4.79 Å². The topological polar surface area (TPSA) is 82.6 Å². The second-order valence-electron chi connectivity index (χ2n) is 10.4. The van der Waals surface area contributed by atoms with E-state index in [4.69, 9.17) is 13.9 Å².